The zero-order valence-corrected chi connectivity index (χ0v) is 7.31. The predicted octanol–water partition coefficient (Wildman–Crippen LogP) is 1.95. The van der Waals surface area contributed by atoms with Gasteiger partial charge in [-0.1, -0.05) is 0 Å². The molecule has 0 aromatic heterocycles. The van der Waals surface area contributed by atoms with E-state index in [9.17, 15) is 0 Å². The molecule has 0 saturated heterocycles. The zero-order valence-electron chi connectivity index (χ0n) is 7.31. The predicted molar refractivity (Wildman–Crippen MR) is 47.3 cm³/mol. The molecule has 0 radical (unpaired) electrons. The molecule has 0 atom stereocenters. The van der Waals surface area contributed by atoms with Crippen LogP contribution in [0.5, 0.6) is 0 Å². The van der Waals surface area contributed by atoms with Crippen molar-refractivity contribution in [3.63, 3.8) is 0 Å². The van der Waals surface area contributed by atoms with E-state index in [1.54, 1.807) is 0 Å². The fourth-order valence-corrected chi connectivity index (χ4v) is 0.547. The van der Waals surface area contributed by atoms with E-state index >= 15 is 0 Å². The maximum Gasteiger partial charge on any atom is 0.0584 e. The quantitative estimate of drug-likeness (QED) is 0.423. The molecule has 0 aromatic carbocycles. The average molecular weight is 140 g/mol. The second-order valence-electron chi connectivity index (χ2n) is 2.66. The Balaban J connectivity index is 3.39. The van der Waals surface area contributed by atoms with Crippen LogP contribution in [-0.2, 0) is 0 Å². The molecule has 0 N–H and O–H groups in total. The topological polar surface area (TPSA) is 24.7 Å². The Morgan fingerprint density at radius 2 is 1.10 bits per heavy atom. The monoisotopic (exact) mass is 140 g/mol. The Kier molecular flexibility index (Phi) is 4.81. The highest BCUT2D eigenvalue weighted by molar-refractivity contribution is 5.79. The van der Waals surface area contributed by atoms with Crippen molar-refractivity contribution >= 4 is 11.4 Å². The summed E-state index contributed by atoms with van der Waals surface area (Å²) in [7, 11) is 0. The van der Waals surface area contributed by atoms with Crippen molar-refractivity contribution in [3.05, 3.63) is 0 Å². The van der Waals surface area contributed by atoms with Crippen molar-refractivity contribution in [1.29, 1.82) is 0 Å². The van der Waals surface area contributed by atoms with E-state index in [0.717, 1.165) is 24.5 Å². The molecule has 0 amide bonds. The van der Waals surface area contributed by atoms with E-state index < -0.39 is 0 Å². The molecule has 10 heavy (non-hydrogen) atoms. The normalized spacial score (nSPS) is 8.80. The molecule has 2 heteroatoms. The number of hydrogen-bond donors (Lipinski definition) is 0. The summed E-state index contributed by atoms with van der Waals surface area (Å²) >= 11 is 0. The first-order valence-corrected chi connectivity index (χ1v) is 3.58. The number of aliphatic imine (C=N–C) groups is 2. The van der Waals surface area contributed by atoms with Crippen molar-refractivity contribution in [2.75, 3.05) is 13.1 Å². The van der Waals surface area contributed by atoms with Gasteiger partial charge in [0.15, 0.2) is 0 Å². The third kappa shape index (κ3) is 7.34. The molecule has 0 saturated carbocycles. The standard InChI is InChI=1S/C8H16N2/c1-7(2)9-5-6-10-8(3)4/h5-6H2,1-4H3. The van der Waals surface area contributed by atoms with E-state index in [-0.39, 0.29) is 0 Å². The molecule has 58 valence electrons. The van der Waals surface area contributed by atoms with Gasteiger partial charge in [-0.3, -0.25) is 9.98 Å². The smallest absolute Gasteiger partial charge is 0.0584 e. The van der Waals surface area contributed by atoms with E-state index in [0.29, 0.717) is 0 Å². The SMILES string of the molecule is CC(C)=NCCN=C(C)C. The van der Waals surface area contributed by atoms with Crippen LogP contribution in [0.4, 0.5) is 0 Å². The van der Waals surface area contributed by atoms with Crippen LogP contribution < -0.4 is 0 Å². The third-order valence-corrected chi connectivity index (χ3v) is 0.956. The van der Waals surface area contributed by atoms with Gasteiger partial charge >= 0.3 is 0 Å². The number of nitrogens with zero attached hydrogens (tertiary/aromatic N) is 2. The molecule has 0 spiro atoms. The minimum Gasteiger partial charge on any atom is -0.293 e. The van der Waals surface area contributed by atoms with Gasteiger partial charge in [-0.25, -0.2) is 0 Å². The van der Waals surface area contributed by atoms with Crippen LogP contribution in [0.1, 0.15) is 27.7 Å². The van der Waals surface area contributed by atoms with Crippen LogP contribution in [-0.4, -0.2) is 24.5 Å². The molecule has 0 fully saturated rings. The van der Waals surface area contributed by atoms with Crippen LogP contribution in [0.25, 0.3) is 0 Å². The molecule has 2 nitrogen and oxygen atoms in total. The van der Waals surface area contributed by atoms with Crippen LogP contribution >= 0.6 is 0 Å². The van der Waals surface area contributed by atoms with Crippen LogP contribution in [0.3, 0.4) is 0 Å². The van der Waals surface area contributed by atoms with Gasteiger partial charge in [0.2, 0.25) is 0 Å². The summed E-state index contributed by atoms with van der Waals surface area (Å²) in [6.07, 6.45) is 0. The Hall–Kier alpha value is -0.660. The van der Waals surface area contributed by atoms with Gasteiger partial charge in [-0.05, 0) is 27.7 Å². The molecule has 0 aromatic rings. The van der Waals surface area contributed by atoms with E-state index in [1.165, 1.54) is 0 Å². The molecular weight excluding hydrogens is 124 g/mol. The summed E-state index contributed by atoms with van der Waals surface area (Å²) in [4.78, 5) is 8.41. The first-order chi connectivity index (χ1) is 4.63. The molecular formula is C8H16N2. The maximum absolute atomic E-state index is 4.21. The Morgan fingerprint density at radius 1 is 0.800 bits per heavy atom. The van der Waals surface area contributed by atoms with Crippen molar-refractivity contribution in [3.8, 4) is 0 Å². The molecule has 0 heterocycles. The molecule has 0 aliphatic heterocycles. The summed E-state index contributed by atoms with van der Waals surface area (Å²) in [5.41, 5.74) is 2.26. The maximum atomic E-state index is 4.21. The number of rotatable bonds is 3. The highest BCUT2D eigenvalue weighted by Gasteiger charge is 1.80. The van der Waals surface area contributed by atoms with E-state index in [2.05, 4.69) is 9.98 Å². The van der Waals surface area contributed by atoms with Crippen LogP contribution in [0.15, 0.2) is 9.98 Å². The minimum atomic E-state index is 0.827. The van der Waals surface area contributed by atoms with E-state index in [4.69, 9.17) is 0 Å². The first-order valence-electron chi connectivity index (χ1n) is 3.58. The van der Waals surface area contributed by atoms with Gasteiger partial charge in [-0.2, -0.15) is 0 Å². The van der Waals surface area contributed by atoms with Gasteiger partial charge < -0.3 is 0 Å². The minimum absolute atomic E-state index is 0.827. The van der Waals surface area contributed by atoms with Gasteiger partial charge in [0.1, 0.15) is 0 Å². The average Bonchev–Trinajstić information content (AvgIpc) is 1.79. The Bertz CT molecular complexity index is 119. The van der Waals surface area contributed by atoms with E-state index in [1.807, 2.05) is 27.7 Å². The lowest BCUT2D eigenvalue weighted by Gasteiger charge is -1.91. The lowest BCUT2D eigenvalue weighted by Crippen LogP contribution is -1.93. The van der Waals surface area contributed by atoms with Gasteiger partial charge in [0, 0.05) is 11.4 Å². The van der Waals surface area contributed by atoms with Crippen LogP contribution in [0.2, 0.25) is 0 Å². The molecule has 0 bridgehead atoms. The third-order valence-electron chi connectivity index (χ3n) is 0.956. The van der Waals surface area contributed by atoms with Gasteiger partial charge in [0.05, 0.1) is 13.1 Å². The largest absolute Gasteiger partial charge is 0.293 e. The molecule has 0 rings (SSSR count). The first kappa shape index (κ1) is 9.34. The van der Waals surface area contributed by atoms with Crippen molar-refractivity contribution in [1.82, 2.24) is 0 Å². The summed E-state index contributed by atoms with van der Waals surface area (Å²) < 4.78 is 0. The summed E-state index contributed by atoms with van der Waals surface area (Å²) in [5, 5.41) is 0. The Morgan fingerprint density at radius 3 is 1.30 bits per heavy atom. The fourth-order valence-electron chi connectivity index (χ4n) is 0.547. The highest BCUT2D eigenvalue weighted by Crippen LogP contribution is 1.79. The van der Waals surface area contributed by atoms with Crippen LogP contribution in [0, 0.1) is 0 Å². The van der Waals surface area contributed by atoms with Crippen molar-refractivity contribution in [2.45, 2.75) is 27.7 Å². The summed E-state index contributed by atoms with van der Waals surface area (Å²) in [5.74, 6) is 0. The van der Waals surface area contributed by atoms with Gasteiger partial charge in [-0.15, -0.1) is 0 Å². The molecule has 0 unspecified atom stereocenters. The number of hydrogen-bond acceptors (Lipinski definition) is 2. The summed E-state index contributed by atoms with van der Waals surface area (Å²) in [6.45, 7) is 9.66. The van der Waals surface area contributed by atoms with Gasteiger partial charge in [0.25, 0.3) is 0 Å². The fraction of sp³-hybridized carbons (Fsp3) is 0.750. The molecule has 0 aliphatic rings. The lowest BCUT2D eigenvalue weighted by molar-refractivity contribution is 0.970. The second-order valence-corrected chi connectivity index (χ2v) is 2.66. The molecule has 0 aliphatic carbocycles. The van der Waals surface area contributed by atoms with Crippen molar-refractivity contribution < 1.29 is 0 Å². The zero-order chi connectivity index (χ0) is 7.98. The highest BCUT2D eigenvalue weighted by atomic mass is 14.8. The summed E-state index contributed by atoms with van der Waals surface area (Å²) in [6, 6.07) is 0. The second kappa shape index (κ2) is 5.15. The van der Waals surface area contributed by atoms with Crippen molar-refractivity contribution in [2.24, 2.45) is 9.98 Å². The Labute approximate surface area is 63.1 Å². The lowest BCUT2D eigenvalue weighted by atomic mass is 10.4.